The van der Waals surface area contributed by atoms with Crippen molar-refractivity contribution in [1.29, 1.82) is 0 Å². The van der Waals surface area contributed by atoms with Crippen LogP contribution in [0.4, 0.5) is 5.82 Å². The predicted molar refractivity (Wildman–Crippen MR) is 61.6 cm³/mol. The molecule has 3 nitrogen and oxygen atoms in total. The zero-order valence-electron chi connectivity index (χ0n) is 8.36. The summed E-state index contributed by atoms with van der Waals surface area (Å²) in [5.41, 5.74) is 1.27. The Bertz CT molecular complexity index is 268. The van der Waals surface area contributed by atoms with Gasteiger partial charge in [-0.05, 0) is 29.9 Å². The van der Waals surface area contributed by atoms with Gasteiger partial charge in [-0.2, -0.15) is 11.8 Å². The first-order valence-corrected chi connectivity index (χ1v) is 5.83. The monoisotopic (exact) mass is 212 g/mol. The third-order valence-corrected chi connectivity index (χ3v) is 2.91. The number of hydrogen-bond donors (Lipinski definition) is 2. The maximum Gasteiger partial charge on any atom is 0.125 e. The van der Waals surface area contributed by atoms with Crippen molar-refractivity contribution < 1.29 is 5.11 Å². The van der Waals surface area contributed by atoms with Crippen molar-refractivity contribution in [3.63, 3.8) is 0 Å². The lowest BCUT2D eigenvalue weighted by atomic mass is 10.3. The van der Waals surface area contributed by atoms with E-state index in [1.807, 2.05) is 37.1 Å². The quantitative estimate of drug-likeness (QED) is 0.705. The zero-order valence-corrected chi connectivity index (χ0v) is 9.18. The third-order valence-electron chi connectivity index (χ3n) is 1.80. The molecule has 0 aromatic carbocycles. The van der Waals surface area contributed by atoms with Gasteiger partial charge >= 0.3 is 0 Å². The fraction of sp³-hybridized carbons (Fsp3) is 0.500. The van der Waals surface area contributed by atoms with E-state index in [4.69, 9.17) is 5.11 Å². The van der Waals surface area contributed by atoms with Gasteiger partial charge < -0.3 is 10.4 Å². The molecule has 4 heteroatoms. The van der Waals surface area contributed by atoms with Crippen molar-refractivity contribution in [3.8, 4) is 0 Å². The average Bonchev–Trinajstić information content (AvgIpc) is 2.25. The Kier molecular flexibility index (Phi) is 5.40. The summed E-state index contributed by atoms with van der Waals surface area (Å²) in [5.74, 6) is 2.90. The van der Waals surface area contributed by atoms with Crippen LogP contribution in [0.3, 0.4) is 0 Å². The molecule has 1 aromatic heterocycles. The van der Waals surface area contributed by atoms with Crippen molar-refractivity contribution in [3.05, 3.63) is 23.9 Å². The number of aliphatic hydroxyl groups is 1. The van der Waals surface area contributed by atoms with Crippen molar-refractivity contribution in [1.82, 2.24) is 4.98 Å². The van der Waals surface area contributed by atoms with Crippen LogP contribution in [-0.2, 0) is 5.75 Å². The molecule has 0 aliphatic carbocycles. The average molecular weight is 212 g/mol. The molecule has 1 rings (SSSR count). The Hall–Kier alpha value is -0.740. The van der Waals surface area contributed by atoms with Crippen LogP contribution in [0.5, 0.6) is 0 Å². The maximum absolute atomic E-state index is 8.61. The van der Waals surface area contributed by atoms with Crippen LogP contribution in [-0.4, -0.2) is 29.5 Å². The number of nitrogens with one attached hydrogen (secondary N) is 1. The van der Waals surface area contributed by atoms with Crippen molar-refractivity contribution in [2.45, 2.75) is 12.2 Å². The van der Waals surface area contributed by atoms with Gasteiger partial charge in [0, 0.05) is 25.6 Å². The number of pyridine rings is 1. The van der Waals surface area contributed by atoms with E-state index in [2.05, 4.69) is 10.3 Å². The fourth-order valence-electron chi connectivity index (χ4n) is 1.06. The highest BCUT2D eigenvalue weighted by atomic mass is 32.2. The van der Waals surface area contributed by atoms with Crippen LogP contribution < -0.4 is 5.32 Å². The van der Waals surface area contributed by atoms with E-state index in [-0.39, 0.29) is 6.61 Å². The standard InChI is InChI=1S/C10H16N2OS/c1-11-10-7-9(3-4-12-10)8-14-6-2-5-13/h3-4,7,13H,2,5-6,8H2,1H3,(H,11,12). The highest BCUT2D eigenvalue weighted by Gasteiger charge is 1.95. The molecule has 0 radical (unpaired) electrons. The number of nitrogens with zero attached hydrogens (tertiary/aromatic N) is 1. The van der Waals surface area contributed by atoms with Gasteiger partial charge in [-0.3, -0.25) is 0 Å². The number of aliphatic hydroxyl groups excluding tert-OH is 1. The number of rotatable bonds is 6. The van der Waals surface area contributed by atoms with Crippen LogP contribution >= 0.6 is 11.8 Å². The lowest BCUT2D eigenvalue weighted by Gasteiger charge is -2.03. The van der Waals surface area contributed by atoms with E-state index < -0.39 is 0 Å². The molecule has 78 valence electrons. The molecule has 0 aliphatic heterocycles. The van der Waals surface area contributed by atoms with Gasteiger partial charge in [-0.1, -0.05) is 0 Å². The topological polar surface area (TPSA) is 45.1 Å². The minimum atomic E-state index is 0.283. The van der Waals surface area contributed by atoms with Crippen LogP contribution in [0.15, 0.2) is 18.3 Å². The third kappa shape index (κ3) is 3.98. The van der Waals surface area contributed by atoms with E-state index in [1.165, 1.54) is 5.56 Å². The first-order valence-electron chi connectivity index (χ1n) is 4.68. The molecular weight excluding hydrogens is 196 g/mol. The summed E-state index contributed by atoms with van der Waals surface area (Å²) < 4.78 is 0. The number of thioether (sulfide) groups is 1. The Labute approximate surface area is 88.9 Å². The van der Waals surface area contributed by atoms with Gasteiger partial charge in [0.15, 0.2) is 0 Å². The van der Waals surface area contributed by atoms with Gasteiger partial charge in [0.05, 0.1) is 0 Å². The molecule has 0 bridgehead atoms. The van der Waals surface area contributed by atoms with Gasteiger partial charge in [-0.15, -0.1) is 0 Å². The van der Waals surface area contributed by atoms with E-state index in [0.29, 0.717) is 0 Å². The lowest BCUT2D eigenvalue weighted by molar-refractivity contribution is 0.296. The summed E-state index contributed by atoms with van der Waals surface area (Å²) in [6.07, 6.45) is 2.68. The minimum Gasteiger partial charge on any atom is -0.396 e. The maximum atomic E-state index is 8.61. The molecule has 0 unspecified atom stereocenters. The Morgan fingerprint density at radius 3 is 3.14 bits per heavy atom. The molecule has 0 saturated carbocycles. The molecule has 0 amide bonds. The summed E-state index contributed by atoms with van der Waals surface area (Å²) in [7, 11) is 1.87. The highest BCUT2D eigenvalue weighted by molar-refractivity contribution is 7.98. The second-order valence-corrected chi connectivity index (χ2v) is 4.03. The number of anilines is 1. The molecule has 1 aromatic rings. The summed E-state index contributed by atoms with van der Waals surface area (Å²) in [6, 6.07) is 4.07. The Morgan fingerprint density at radius 1 is 1.57 bits per heavy atom. The fourth-order valence-corrected chi connectivity index (χ4v) is 1.95. The smallest absolute Gasteiger partial charge is 0.125 e. The molecule has 2 N–H and O–H groups in total. The minimum absolute atomic E-state index is 0.283. The van der Waals surface area contributed by atoms with Crippen LogP contribution in [0.25, 0.3) is 0 Å². The molecule has 0 aliphatic rings. The molecule has 0 fully saturated rings. The summed E-state index contributed by atoms with van der Waals surface area (Å²) >= 11 is 1.83. The predicted octanol–water partition coefficient (Wildman–Crippen LogP) is 1.74. The molecule has 1 heterocycles. The Morgan fingerprint density at radius 2 is 2.43 bits per heavy atom. The first-order chi connectivity index (χ1) is 6.86. The summed E-state index contributed by atoms with van der Waals surface area (Å²) in [6.45, 7) is 0.283. The van der Waals surface area contributed by atoms with Gasteiger partial charge in [-0.25, -0.2) is 4.98 Å². The first kappa shape index (κ1) is 11.3. The van der Waals surface area contributed by atoms with E-state index in [1.54, 1.807) is 0 Å². The molecule has 0 spiro atoms. The second kappa shape index (κ2) is 6.68. The summed E-state index contributed by atoms with van der Waals surface area (Å²) in [5, 5.41) is 11.6. The highest BCUT2D eigenvalue weighted by Crippen LogP contribution is 2.14. The van der Waals surface area contributed by atoms with Gasteiger partial charge in [0.25, 0.3) is 0 Å². The van der Waals surface area contributed by atoms with Crippen molar-refractivity contribution >= 4 is 17.6 Å². The summed E-state index contributed by atoms with van der Waals surface area (Å²) in [4.78, 5) is 4.14. The SMILES string of the molecule is CNc1cc(CSCCCO)ccn1. The Balaban J connectivity index is 2.34. The number of hydrogen-bond acceptors (Lipinski definition) is 4. The largest absolute Gasteiger partial charge is 0.396 e. The lowest BCUT2D eigenvalue weighted by Crippen LogP contribution is -1.93. The molecule has 0 saturated heterocycles. The molecule has 14 heavy (non-hydrogen) atoms. The van der Waals surface area contributed by atoms with Gasteiger partial charge in [0.1, 0.15) is 5.82 Å². The second-order valence-electron chi connectivity index (χ2n) is 2.93. The van der Waals surface area contributed by atoms with Crippen LogP contribution in [0.1, 0.15) is 12.0 Å². The molecular formula is C10H16N2OS. The normalized spacial score (nSPS) is 10.1. The van der Waals surface area contributed by atoms with Crippen LogP contribution in [0, 0.1) is 0 Å². The van der Waals surface area contributed by atoms with Crippen molar-refractivity contribution in [2.24, 2.45) is 0 Å². The zero-order chi connectivity index (χ0) is 10.2. The van der Waals surface area contributed by atoms with Crippen LogP contribution in [0.2, 0.25) is 0 Å². The van der Waals surface area contributed by atoms with E-state index in [9.17, 15) is 0 Å². The van der Waals surface area contributed by atoms with Gasteiger partial charge in [0.2, 0.25) is 0 Å². The van der Waals surface area contributed by atoms with E-state index in [0.717, 1.165) is 23.7 Å². The van der Waals surface area contributed by atoms with E-state index >= 15 is 0 Å². The molecule has 0 atom stereocenters. The number of aromatic nitrogens is 1. The van der Waals surface area contributed by atoms with Crippen molar-refractivity contribution in [2.75, 3.05) is 24.7 Å².